The summed E-state index contributed by atoms with van der Waals surface area (Å²) in [6.45, 7) is 3.32. The maximum absolute atomic E-state index is 11.8. The highest BCUT2D eigenvalue weighted by Crippen LogP contribution is 2.19. The van der Waals surface area contributed by atoms with E-state index >= 15 is 0 Å². The third-order valence-corrected chi connectivity index (χ3v) is 3.60. The van der Waals surface area contributed by atoms with Crippen LogP contribution < -0.4 is 10.6 Å². The zero-order chi connectivity index (χ0) is 15.2. The molecule has 114 valence electrons. The normalized spacial score (nSPS) is 21.0. The van der Waals surface area contributed by atoms with Crippen molar-refractivity contribution < 1.29 is 19.4 Å². The van der Waals surface area contributed by atoms with E-state index in [1.807, 2.05) is 6.92 Å². The van der Waals surface area contributed by atoms with Crippen LogP contribution in [0.1, 0.15) is 18.9 Å². The number of urea groups is 1. The van der Waals surface area contributed by atoms with Crippen LogP contribution in [0.25, 0.3) is 0 Å². The van der Waals surface area contributed by atoms with Crippen molar-refractivity contribution in [1.29, 1.82) is 0 Å². The number of carbonyl (C=O) groups excluding carboxylic acids is 1. The molecule has 1 heterocycles. The van der Waals surface area contributed by atoms with Crippen LogP contribution >= 0.6 is 0 Å². The van der Waals surface area contributed by atoms with Crippen LogP contribution in [0.15, 0.2) is 24.3 Å². The van der Waals surface area contributed by atoms with Crippen molar-refractivity contribution in [3.05, 3.63) is 29.8 Å². The Labute approximate surface area is 123 Å². The lowest BCUT2D eigenvalue weighted by atomic mass is 10.0. The average molecular weight is 292 g/mol. The Morgan fingerprint density at radius 2 is 2.24 bits per heavy atom. The molecule has 1 aromatic rings. The fourth-order valence-corrected chi connectivity index (χ4v) is 2.38. The second-order valence-electron chi connectivity index (χ2n) is 5.23. The van der Waals surface area contributed by atoms with Crippen molar-refractivity contribution in [1.82, 2.24) is 5.32 Å². The van der Waals surface area contributed by atoms with Gasteiger partial charge in [0.1, 0.15) is 0 Å². The molecule has 0 radical (unpaired) electrons. The number of carboxylic acids is 1. The summed E-state index contributed by atoms with van der Waals surface area (Å²) in [6.07, 6.45) is 1.06. The monoisotopic (exact) mass is 292 g/mol. The molecular weight excluding hydrogens is 272 g/mol. The number of carboxylic acid groups (broad SMARTS) is 1. The van der Waals surface area contributed by atoms with Crippen LogP contribution in [0.3, 0.4) is 0 Å². The van der Waals surface area contributed by atoms with E-state index in [9.17, 15) is 9.59 Å². The Kier molecular flexibility index (Phi) is 5.16. The van der Waals surface area contributed by atoms with Gasteiger partial charge in [0.15, 0.2) is 0 Å². The fraction of sp³-hybridized carbons (Fsp3) is 0.467. The third-order valence-electron chi connectivity index (χ3n) is 3.60. The number of aliphatic carboxylic acids is 1. The first-order valence-corrected chi connectivity index (χ1v) is 7.02. The molecular formula is C15H20N2O4. The summed E-state index contributed by atoms with van der Waals surface area (Å²) < 4.78 is 5.44. The molecule has 0 aromatic heterocycles. The molecule has 6 heteroatoms. The topological polar surface area (TPSA) is 87.7 Å². The number of ether oxygens (including phenoxy) is 1. The number of anilines is 1. The van der Waals surface area contributed by atoms with Crippen molar-refractivity contribution in [2.24, 2.45) is 5.92 Å². The minimum Gasteiger partial charge on any atom is -0.481 e. The van der Waals surface area contributed by atoms with Crippen LogP contribution in [0.4, 0.5) is 10.5 Å². The molecule has 2 atom stereocenters. The Morgan fingerprint density at radius 1 is 1.43 bits per heavy atom. The van der Waals surface area contributed by atoms with Crippen LogP contribution in [-0.4, -0.2) is 36.4 Å². The lowest BCUT2D eigenvalue weighted by Gasteiger charge is -2.15. The van der Waals surface area contributed by atoms with E-state index in [2.05, 4.69) is 10.6 Å². The van der Waals surface area contributed by atoms with Crippen molar-refractivity contribution in [3.8, 4) is 0 Å². The number of benzene rings is 1. The lowest BCUT2D eigenvalue weighted by Crippen LogP contribution is -2.35. The predicted octanol–water partition coefficient (Wildman–Crippen LogP) is 1.86. The van der Waals surface area contributed by atoms with Gasteiger partial charge in [-0.25, -0.2) is 4.79 Å². The lowest BCUT2D eigenvalue weighted by molar-refractivity contribution is -0.136. The minimum atomic E-state index is -0.896. The van der Waals surface area contributed by atoms with Gasteiger partial charge in [-0.05, 0) is 31.0 Å². The average Bonchev–Trinajstić information content (AvgIpc) is 2.81. The van der Waals surface area contributed by atoms with Gasteiger partial charge in [0, 0.05) is 24.8 Å². The van der Waals surface area contributed by atoms with Crippen molar-refractivity contribution >= 4 is 17.7 Å². The first-order valence-electron chi connectivity index (χ1n) is 7.02. The van der Waals surface area contributed by atoms with Crippen LogP contribution in [-0.2, 0) is 16.0 Å². The molecule has 2 amide bonds. The number of nitrogens with one attached hydrogen (secondary N) is 2. The molecule has 1 aromatic carbocycles. The quantitative estimate of drug-likeness (QED) is 0.773. The van der Waals surface area contributed by atoms with Gasteiger partial charge in [0.25, 0.3) is 0 Å². The predicted molar refractivity (Wildman–Crippen MR) is 78.3 cm³/mol. The third kappa shape index (κ3) is 4.75. The van der Waals surface area contributed by atoms with E-state index < -0.39 is 5.97 Å². The number of rotatable bonds is 5. The Morgan fingerprint density at radius 3 is 2.90 bits per heavy atom. The van der Waals surface area contributed by atoms with E-state index in [1.165, 1.54) is 0 Å². The van der Waals surface area contributed by atoms with E-state index in [-0.39, 0.29) is 18.6 Å². The molecule has 3 N–H and O–H groups in total. The zero-order valence-corrected chi connectivity index (χ0v) is 12.0. The van der Waals surface area contributed by atoms with Gasteiger partial charge in [-0.2, -0.15) is 0 Å². The van der Waals surface area contributed by atoms with E-state index in [4.69, 9.17) is 9.84 Å². The molecule has 2 rings (SSSR count). The van der Waals surface area contributed by atoms with Gasteiger partial charge in [-0.3, -0.25) is 4.79 Å². The Bertz CT molecular complexity index is 518. The van der Waals surface area contributed by atoms with Gasteiger partial charge < -0.3 is 20.5 Å². The smallest absolute Gasteiger partial charge is 0.319 e. The molecule has 1 aliphatic rings. The molecule has 1 fully saturated rings. The van der Waals surface area contributed by atoms with Crippen LogP contribution in [0.2, 0.25) is 0 Å². The summed E-state index contributed by atoms with van der Waals surface area (Å²) in [6, 6.07) is 6.54. The standard InChI is InChI=1S/C15H20N2O4/c1-10-12(5-6-21-10)9-16-15(20)17-13-4-2-3-11(7-13)8-14(18)19/h2-4,7,10,12H,5-6,8-9H2,1H3,(H,18,19)(H2,16,17,20). The molecule has 1 aliphatic heterocycles. The molecule has 0 bridgehead atoms. The highest BCUT2D eigenvalue weighted by molar-refractivity contribution is 5.89. The van der Waals surface area contributed by atoms with Crippen molar-refractivity contribution in [2.75, 3.05) is 18.5 Å². The van der Waals surface area contributed by atoms with Crippen LogP contribution in [0.5, 0.6) is 0 Å². The molecule has 1 saturated heterocycles. The van der Waals surface area contributed by atoms with Gasteiger partial charge in [0.2, 0.25) is 0 Å². The Balaban J connectivity index is 1.83. The van der Waals surface area contributed by atoms with Gasteiger partial charge in [-0.1, -0.05) is 12.1 Å². The van der Waals surface area contributed by atoms with Crippen LogP contribution in [0, 0.1) is 5.92 Å². The number of carbonyl (C=O) groups is 2. The van der Waals surface area contributed by atoms with E-state index in [0.29, 0.717) is 23.7 Å². The van der Waals surface area contributed by atoms with Gasteiger partial charge in [-0.15, -0.1) is 0 Å². The van der Waals surface area contributed by atoms with Gasteiger partial charge >= 0.3 is 12.0 Å². The molecule has 21 heavy (non-hydrogen) atoms. The van der Waals surface area contributed by atoms with Crippen molar-refractivity contribution in [2.45, 2.75) is 25.9 Å². The van der Waals surface area contributed by atoms with E-state index in [0.717, 1.165) is 13.0 Å². The maximum atomic E-state index is 11.8. The SMILES string of the molecule is CC1OCCC1CNC(=O)Nc1cccc(CC(=O)O)c1. The second-order valence-corrected chi connectivity index (χ2v) is 5.23. The summed E-state index contributed by atoms with van der Waals surface area (Å²) in [7, 11) is 0. The minimum absolute atomic E-state index is 0.0614. The summed E-state index contributed by atoms with van der Waals surface area (Å²) in [5, 5.41) is 14.3. The summed E-state index contributed by atoms with van der Waals surface area (Å²) in [5.41, 5.74) is 1.24. The largest absolute Gasteiger partial charge is 0.481 e. The second kappa shape index (κ2) is 7.08. The number of hydrogen-bond acceptors (Lipinski definition) is 3. The molecule has 6 nitrogen and oxygen atoms in total. The highest BCUT2D eigenvalue weighted by atomic mass is 16.5. The number of hydrogen-bond donors (Lipinski definition) is 3. The van der Waals surface area contributed by atoms with Crippen molar-refractivity contribution in [3.63, 3.8) is 0 Å². The molecule has 2 unspecified atom stereocenters. The Hall–Kier alpha value is -2.08. The van der Waals surface area contributed by atoms with E-state index in [1.54, 1.807) is 24.3 Å². The maximum Gasteiger partial charge on any atom is 0.319 e. The molecule has 0 aliphatic carbocycles. The first-order chi connectivity index (χ1) is 10.0. The summed E-state index contributed by atoms with van der Waals surface area (Å²) >= 11 is 0. The highest BCUT2D eigenvalue weighted by Gasteiger charge is 2.24. The molecule has 0 spiro atoms. The summed E-state index contributed by atoms with van der Waals surface area (Å²) in [4.78, 5) is 22.5. The number of amides is 2. The zero-order valence-electron chi connectivity index (χ0n) is 12.0. The fourth-order valence-electron chi connectivity index (χ4n) is 2.38. The van der Waals surface area contributed by atoms with Gasteiger partial charge in [0.05, 0.1) is 12.5 Å². The summed E-state index contributed by atoms with van der Waals surface area (Å²) in [5.74, 6) is -0.555. The molecule has 0 saturated carbocycles. The first kappa shape index (κ1) is 15.3.